The van der Waals surface area contributed by atoms with Gasteiger partial charge in [0.2, 0.25) is 5.91 Å². The predicted molar refractivity (Wildman–Crippen MR) is 77.9 cm³/mol. The summed E-state index contributed by atoms with van der Waals surface area (Å²) in [6.07, 6.45) is 3.13. The number of nitrogens with one attached hydrogen (secondary N) is 1. The molecule has 0 atom stereocenters. The summed E-state index contributed by atoms with van der Waals surface area (Å²) in [7, 11) is 0. The van der Waals surface area contributed by atoms with Crippen molar-refractivity contribution in [1.82, 2.24) is 15.1 Å². The number of carbonyl (C=O) groups excluding carboxylic acids is 2. The SMILES string of the molecule is CC(C)CN(CC(=O)O)C(=O)NCC(=O)N1CCCCC1. The highest BCUT2D eigenvalue weighted by molar-refractivity contribution is 5.85. The van der Waals surface area contributed by atoms with Crippen molar-refractivity contribution >= 4 is 17.9 Å². The monoisotopic (exact) mass is 299 g/mol. The molecule has 7 nitrogen and oxygen atoms in total. The Kier molecular flexibility index (Phi) is 6.98. The Morgan fingerprint density at radius 1 is 1.19 bits per heavy atom. The Labute approximate surface area is 125 Å². The number of nitrogens with zero attached hydrogens (tertiary/aromatic N) is 2. The lowest BCUT2D eigenvalue weighted by atomic mass is 10.1. The molecule has 1 saturated heterocycles. The number of carbonyl (C=O) groups is 3. The van der Waals surface area contributed by atoms with Crippen LogP contribution in [-0.2, 0) is 9.59 Å². The molecule has 0 unspecified atom stereocenters. The number of amides is 3. The van der Waals surface area contributed by atoms with Gasteiger partial charge in [-0.3, -0.25) is 9.59 Å². The molecule has 1 aliphatic rings. The standard InChI is InChI=1S/C14H25N3O4/c1-11(2)9-17(10-13(19)20)14(21)15-8-12(18)16-6-4-3-5-7-16/h11H,3-10H2,1-2H3,(H,15,21)(H,19,20). The first kappa shape index (κ1) is 17.3. The first-order valence-corrected chi connectivity index (χ1v) is 7.42. The number of aliphatic carboxylic acids is 1. The number of carboxylic acids is 1. The van der Waals surface area contributed by atoms with E-state index in [0.29, 0.717) is 6.54 Å². The summed E-state index contributed by atoms with van der Waals surface area (Å²) in [6, 6.07) is -0.503. The topological polar surface area (TPSA) is 90.0 Å². The fourth-order valence-corrected chi connectivity index (χ4v) is 2.34. The number of hydrogen-bond donors (Lipinski definition) is 2. The zero-order valence-electron chi connectivity index (χ0n) is 12.8. The Morgan fingerprint density at radius 3 is 2.33 bits per heavy atom. The van der Waals surface area contributed by atoms with Crippen molar-refractivity contribution < 1.29 is 19.5 Å². The van der Waals surface area contributed by atoms with Gasteiger partial charge in [-0.2, -0.15) is 0 Å². The Balaban J connectivity index is 2.44. The van der Waals surface area contributed by atoms with E-state index in [2.05, 4.69) is 5.32 Å². The lowest BCUT2D eigenvalue weighted by Crippen LogP contribution is -2.48. The predicted octanol–water partition coefficient (Wildman–Crippen LogP) is 0.751. The minimum Gasteiger partial charge on any atom is -0.480 e. The van der Waals surface area contributed by atoms with E-state index in [4.69, 9.17) is 5.11 Å². The van der Waals surface area contributed by atoms with Crippen molar-refractivity contribution in [2.75, 3.05) is 32.7 Å². The van der Waals surface area contributed by atoms with Gasteiger partial charge in [-0.25, -0.2) is 4.79 Å². The lowest BCUT2D eigenvalue weighted by Gasteiger charge is -2.28. The van der Waals surface area contributed by atoms with E-state index < -0.39 is 12.0 Å². The van der Waals surface area contributed by atoms with E-state index in [-0.39, 0.29) is 24.9 Å². The van der Waals surface area contributed by atoms with Crippen molar-refractivity contribution in [3.63, 3.8) is 0 Å². The van der Waals surface area contributed by atoms with Crippen LogP contribution in [0.3, 0.4) is 0 Å². The largest absolute Gasteiger partial charge is 0.480 e. The van der Waals surface area contributed by atoms with Crippen molar-refractivity contribution in [2.45, 2.75) is 33.1 Å². The fourth-order valence-electron chi connectivity index (χ4n) is 2.34. The first-order valence-electron chi connectivity index (χ1n) is 7.42. The van der Waals surface area contributed by atoms with Gasteiger partial charge in [-0.05, 0) is 25.2 Å². The molecule has 0 aromatic carbocycles. The smallest absolute Gasteiger partial charge is 0.323 e. The normalized spacial score (nSPS) is 14.9. The summed E-state index contributed by atoms with van der Waals surface area (Å²) in [4.78, 5) is 37.7. The molecule has 0 aromatic rings. The molecular weight excluding hydrogens is 274 g/mol. The third-order valence-corrected chi connectivity index (χ3v) is 3.30. The average molecular weight is 299 g/mol. The Morgan fingerprint density at radius 2 is 1.81 bits per heavy atom. The van der Waals surface area contributed by atoms with E-state index in [0.717, 1.165) is 32.4 Å². The Hall–Kier alpha value is -1.79. The zero-order chi connectivity index (χ0) is 15.8. The van der Waals surface area contributed by atoms with Crippen LogP contribution in [0.25, 0.3) is 0 Å². The fraction of sp³-hybridized carbons (Fsp3) is 0.786. The molecule has 3 amide bonds. The Bertz CT molecular complexity index is 378. The van der Waals surface area contributed by atoms with Gasteiger partial charge < -0.3 is 20.2 Å². The summed E-state index contributed by atoms with van der Waals surface area (Å²) in [6.45, 7) is 5.19. The maximum atomic E-state index is 12.0. The van der Waals surface area contributed by atoms with E-state index in [9.17, 15) is 14.4 Å². The maximum Gasteiger partial charge on any atom is 0.323 e. The van der Waals surface area contributed by atoms with Gasteiger partial charge in [-0.15, -0.1) is 0 Å². The second-order valence-corrected chi connectivity index (χ2v) is 5.77. The van der Waals surface area contributed by atoms with Gasteiger partial charge in [0.25, 0.3) is 0 Å². The van der Waals surface area contributed by atoms with Gasteiger partial charge in [0.15, 0.2) is 0 Å². The summed E-state index contributed by atoms with van der Waals surface area (Å²) >= 11 is 0. The molecule has 21 heavy (non-hydrogen) atoms. The van der Waals surface area contributed by atoms with Crippen molar-refractivity contribution in [3.8, 4) is 0 Å². The number of likely N-dealkylation sites (tertiary alicyclic amines) is 1. The quantitative estimate of drug-likeness (QED) is 0.757. The van der Waals surface area contributed by atoms with Crippen molar-refractivity contribution in [2.24, 2.45) is 5.92 Å². The van der Waals surface area contributed by atoms with Crippen LogP contribution in [0.1, 0.15) is 33.1 Å². The molecule has 0 bridgehead atoms. The summed E-state index contributed by atoms with van der Waals surface area (Å²) in [5.41, 5.74) is 0. The third-order valence-electron chi connectivity index (χ3n) is 3.30. The zero-order valence-corrected chi connectivity index (χ0v) is 12.8. The van der Waals surface area contributed by atoms with E-state index in [1.807, 2.05) is 13.8 Å². The summed E-state index contributed by atoms with van der Waals surface area (Å²) < 4.78 is 0. The molecule has 0 aromatic heterocycles. The molecule has 2 N–H and O–H groups in total. The molecule has 120 valence electrons. The minimum atomic E-state index is -1.06. The lowest BCUT2D eigenvalue weighted by molar-refractivity contribution is -0.137. The number of hydrogen-bond acceptors (Lipinski definition) is 3. The molecule has 0 radical (unpaired) electrons. The van der Waals surface area contributed by atoms with Crippen LogP contribution in [-0.4, -0.2) is 65.5 Å². The van der Waals surface area contributed by atoms with E-state index in [1.165, 1.54) is 4.90 Å². The van der Waals surface area contributed by atoms with Gasteiger partial charge in [0, 0.05) is 19.6 Å². The van der Waals surface area contributed by atoms with Crippen LogP contribution in [0.2, 0.25) is 0 Å². The van der Waals surface area contributed by atoms with Crippen LogP contribution in [0.4, 0.5) is 4.79 Å². The second-order valence-electron chi connectivity index (χ2n) is 5.77. The van der Waals surface area contributed by atoms with Gasteiger partial charge in [0.1, 0.15) is 6.54 Å². The maximum absolute atomic E-state index is 12.0. The third kappa shape index (κ3) is 6.46. The summed E-state index contributed by atoms with van der Waals surface area (Å²) in [5.74, 6) is -1.01. The van der Waals surface area contributed by atoms with Crippen LogP contribution in [0, 0.1) is 5.92 Å². The molecule has 1 aliphatic heterocycles. The van der Waals surface area contributed by atoms with Gasteiger partial charge >= 0.3 is 12.0 Å². The van der Waals surface area contributed by atoms with E-state index in [1.54, 1.807) is 4.90 Å². The summed E-state index contributed by atoms with van der Waals surface area (Å²) in [5, 5.41) is 11.4. The first-order chi connectivity index (χ1) is 9.90. The molecule has 0 spiro atoms. The second kappa shape index (κ2) is 8.49. The van der Waals surface area contributed by atoms with Crippen molar-refractivity contribution in [3.05, 3.63) is 0 Å². The van der Waals surface area contributed by atoms with Crippen LogP contribution in [0.15, 0.2) is 0 Å². The highest BCUT2D eigenvalue weighted by Crippen LogP contribution is 2.08. The highest BCUT2D eigenvalue weighted by Gasteiger charge is 2.21. The molecular formula is C14H25N3O4. The molecule has 7 heteroatoms. The highest BCUT2D eigenvalue weighted by atomic mass is 16.4. The molecule has 0 aliphatic carbocycles. The average Bonchev–Trinajstić information content (AvgIpc) is 2.43. The number of piperidine rings is 1. The number of carboxylic acid groups (broad SMARTS) is 1. The van der Waals surface area contributed by atoms with Crippen LogP contribution < -0.4 is 5.32 Å². The van der Waals surface area contributed by atoms with E-state index >= 15 is 0 Å². The van der Waals surface area contributed by atoms with Crippen molar-refractivity contribution in [1.29, 1.82) is 0 Å². The minimum absolute atomic E-state index is 0.0763. The van der Waals surface area contributed by atoms with Crippen LogP contribution >= 0.6 is 0 Å². The van der Waals surface area contributed by atoms with Crippen LogP contribution in [0.5, 0.6) is 0 Å². The number of rotatable bonds is 6. The molecule has 1 rings (SSSR count). The molecule has 1 fully saturated rings. The molecule has 1 heterocycles. The van der Waals surface area contributed by atoms with Gasteiger partial charge in [-0.1, -0.05) is 13.8 Å². The van der Waals surface area contributed by atoms with Gasteiger partial charge in [0.05, 0.1) is 6.54 Å². The molecule has 0 saturated carbocycles. The number of urea groups is 1.